The average molecular weight is 270 g/mol. The molecule has 110 valence electrons. The van der Waals surface area contributed by atoms with Crippen LogP contribution in [-0.4, -0.2) is 42.5 Å². The van der Waals surface area contributed by atoms with Crippen LogP contribution in [0.1, 0.15) is 40.0 Å². The molecule has 1 heterocycles. The van der Waals surface area contributed by atoms with Crippen LogP contribution in [0.15, 0.2) is 0 Å². The van der Waals surface area contributed by atoms with Gasteiger partial charge in [0.15, 0.2) is 0 Å². The van der Waals surface area contributed by atoms with E-state index in [-0.39, 0.29) is 23.7 Å². The van der Waals surface area contributed by atoms with Crippen LogP contribution in [0.25, 0.3) is 0 Å². The Kier molecular flexibility index (Phi) is 6.28. The molecule has 0 aromatic heterocycles. The Labute approximate surface area is 115 Å². The summed E-state index contributed by atoms with van der Waals surface area (Å²) in [5.74, 6) is -0.00316. The molecular formula is C14H26N2O3. The number of ether oxygens (including phenoxy) is 1. The zero-order valence-corrected chi connectivity index (χ0v) is 12.2. The minimum atomic E-state index is -0.427. The van der Waals surface area contributed by atoms with Gasteiger partial charge in [-0.05, 0) is 25.7 Å². The summed E-state index contributed by atoms with van der Waals surface area (Å²) in [6.07, 6.45) is 2.25. The Morgan fingerprint density at radius 3 is 2.37 bits per heavy atom. The van der Waals surface area contributed by atoms with Crippen LogP contribution in [0.5, 0.6) is 0 Å². The molecule has 0 bridgehead atoms. The maximum atomic E-state index is 12.2. The highest BCUT2D eigenvalue weighted by Gasteiger charge is 2.31. The lowest BCUT2D eigenvalue weighted by molar-refractivity contribution is -0.151. The second kappa shape index (κ2) is 7.48. The number of esters is 1. The predicted octanol–water partition coefficient (Wildman–Crippen LogP) is 1.16. The summed E-state index contributed by atoms with van der Waals surface area (Å²) in [7, 11) is 0. The molecule has 5 nitrogen and oxygen atoms in total. The van der Waals surface area contributed by atoms with Gasteiger partial charge in [0.25, 0.3) is 0 Å². The van der Waals surface area contributed by atoms with Gasteiger partial charge in [-0.3, -0.25) is 9.59 Å². The van der Waals surface area contributed by atoms with Gasteiger partial charge in [-0.1, -0.05) is 20.3 Å². The Morgan fingerprint density at radius 2 is 1.89 bits per heavy atom. The third-order valence-electron chi connectivity index (χ3n) is 3.97. The molecule has 0 spiro atoms. The standard InChI is InChI=1S/C14H26N2O3/c1-4-10(3)12(15)13(17)16-8-6-11(7-9-16)14(18)19-5-2/h10-12H,4-9,15H2,1-3H3. The first-order valence-electron chi connectivity index (χ1n) is 7.22. The van der Waals surface area contributed by atoms with Gasteiger partial charge >= 0.3 is 5.97 Å². The van der Waals surface area contributed by atoms with Crippen molar-refractivity contribution < 1.29 is 14.3 Å². The van der Waals surface area contributed by atoms with Gasteiger partial charge in [-0.25, -0.2) is 0 Å². The predicted molar refractivity (Wildman–Crippen MR) is 73.4 cm³/mol. The highest BCUT2D eigenvalue weighted by atomic mass is 16.5. The number of nitrogens with two attached hydrogens (primary N) is 1. The summed E-state index contributed by atoms with van der Waals surface area (Å²) < 4.78 is 5.01. The van der Waals surface area contributed by atoms with E-state index in [1.54, 1.807) is 4.90 Å². The quantitative estimate of drug-likeness (QED) is 0.761. The molecule has 1 rings (SSSR count). The minimum absolute atomic E-state index is 0.0108. The fourth-order valence-corrected chi connectivity index (χ4v) is 2.30. The normalized spacial score (nSPS) is 19.9. The number of carbonyl (C=O) groups is 2. The molecule has 2 atom stereocenters. The van der Waals surface area contributed by atoms with Gasteiger partial charge in [-0.2, -0.15) is 0 Å². The number of likely N-dealkylation sites (tertiary alicyclic amines) is 1. The topological polar surface area (TPSA) is 72.6 Å². The second-order valence-electron chi connectivity index (χ2n) is 5.26. The van der Waals surface area contributed by atoms with Crippen molar-refractivity contribution in [1.82, 2.24) is 4.90 Å². The van der Waals surface area contributed by atoms with Crippen molar-refractivity contribution in [3.8, 4) is 0 Å². The van der Waals surface area contributed by atoms with Crippen LogP contribution in [-0.2, 0) is 14.3 Å². The summed E-state index contributed by atoms with van der Waals surface area (Å²) in [5.41, 5.74) is 5.96. The molecule has 2 unspecified atom stereocenters. The zero-order valence-electron chi connectivity index (χ0n) is 12.2. The van der Waals surface area contributed by atoms with Gasteiger partial charge in [0.05, 0.1) is 18.6 Å². The first-order chi connectivity index (χ1) is 9.01. The molecule has 0 saturated carbocycles. The highest BCUT2D eigenvalue weighted by Crippen LogP contribution is 2.20. The van der Waals surface area contributed by atoms with Crippen LogP contribution in [0, 0.1) is 11.8 Å². The zero-order chi connectivity index (χ0) is 14.4. The molecule has 1 saturated heterocycles. The van der Waals surface area contributed by atoms with Crippen molar-refractivity contribution in [3.63, 3.8) is 0 Å². The Hall–Kier alpha value is -1.10. The van der Waals surface area contributed by atoms with E-state index in [0.717, 1.165) is 6.42 Å². The van der Waals surface area contributed by atoms with Crippen molar-refractivity contribution in [3.05, 3.63) is 0 Å². The molecule has 1 aliphatic rings. The summed E-state index contributed by atoms with van der Waals surface area (Å²) in [4.78, 5) is 25.6. The van der Waals surface area contributed by atoms with Crippen molar-refractivity contribution in [2.45, 2.75) is 46.1 Å². The van der Waals surface area contributed by atoms with Gasteiger partial charge in [0, 0.05) is 13.1 Å². The van der Waals surface area contributed by atoms with E-state index in [1.165, 1.54) is 0 Å². The molecular weight excluding hydrogens is 244 g/mol. The van der Waals surface area contributed by atoms with Crippen molar-refractivity contribution in [1.29, 1.82) is 0 Å². The number of amides is 1. The molecule has 1 aliphatic heterocycles. The maximum absolute atomic E-state index is 12.2. The summed E-state index contributed by atoms with van der Waals surface area (Å²) in [5, 5.41) is 0. The van der Waals surface area contributed by atoms with E-state index in [4.69, 9.17) is 10.5 Å². The molecule has 0 aliphatic carbocycles. The molecule has 2 N–H and O–H groups in total. The van der Waals surface area contributed by atoms with Crippen LogP contribution < -0.4 is 5.73 Å². The molecule has 5 heteroatoms. The Balaban J connectivity index is 2.45. The lowest BCUT2D eigenvalue weighted by atomic mass is 9.94. The number of nitrogens with zero attached hydrogens (tertiary/aromatic N) is 1. The van der Waals surface area contributed by atoms with Crippen LogP contribution in [0.3, 0.4) is 0 Å². The number of carbonyl (C=O) groups excluding carboxylic acids is 2. The molecule has 1 amide bonds. The summed E-state index contributed by atoms with van der Waals surface area (Å²) in [6.45, 7) is 7.45. The van der Waals surface area contributed by atoms with E-state index in [1.807, 2.05) is 20.8 Å². The van der Waals surface area contributed by atoms with E-state index in [0.29, 0.717) is 32.5 Å². The fraction of sp³-hybridized carbons (Fsp3) is 0.857. The van der Waals surface area contributed by atoms with Crippen molar-refractivity contribution in [2.24, 2.45) is 17.6 Å². The Bertz CT molecular complexity index is 312. The summed E-state index contributed by atoms with van der Waals surface area (Å²) >= 11 is 0. The van der Waals surface area contributed by atoms with E-state index in [2.05, 4.69) is 0 Å². The van der Waals surface area contributed by atoms with E-state index < -0.39 is 6.04 Å². The monoisotopic (exact) mass is 270 g/mol. The molecule has 0 aromatic rings. The Morgan fingerprint density at radius 1 is 1.32 bits per heavy atom. The molecule has 19 heavy (non-hydrogen) atoms. The van der Waals surface area contributed by atoms with Crippen LogP contribution in [0.4, 0.5) is 0 Å². The highest BCUT2D eigenvalue weighted by molar-refractivity contribution is 5.82. The van der Waals surface area contributed by atoms with Crippen molar-refractivity contribution >= 4 is 11.9 Å². The van der Waals surface area contributed by atoms with E-state index >= 15 is 0 Å². The lowest BCUT2D eigenvalue weighted by Gasteiger charge is -2.33. The average Bonchev–Trinajstić information content (AvgIpc) is 2.45. The van der Waals surface area contributed by atoms with Gasteiger partial charge in [-0.15, -0.1) is 0 Å². The smallest absolute Gasteiger partial charge is 0.309 e. The maximum Gasteiger partial charge on any atom is 0.309 e. The van der Waals surface area contributed by atoms with E-state index in [9.17, 15) is 9.59 Å². The molecule has 0 radical (unpaired) electrons. The molecule has 0 aromatic carbocycles. The fourth-order valence-electron chi connectivity index (χ4n) is 2.30. The number of hydrogen-bond donors (Lipinski definition) is 1. The van der Waals surface area contributed by atoms with Crippen molar-refractivity contribution in [2.75, 3.05) is 19.7 Å². The first-order valence-corrected chi connectivity index (χ1v) is 7.22. The van der Waals surface area contributed by atoms with Gasteiger partial charge in [0.1, 0.15) is 0 Å². The third-order valence-corrected chi connectivity index (χ3v) is 3.97. The first kappa shape index (κ1) is 16.0. The SMILES string of the molecule is CCOC(=O)C1CCN(C(=O)C(N)C(C)CC)CC1. The minimum Gasteiger partial charge on any atom is -0.466 e. The lowest BCUT2D eigenvalue weighted by Crippen LogP contribution is -2.50. The number of rotatable bonds is 5. The van der Waals surface area contributed by atoms with Crippen LogP contribution >= 0.6 is 0 Å². The van der Waals surface area contributed by atoms with Gasteiger partial charge in [0.2, 0.25) is 5.91 Å². The van der Waals surface area contributed by atoms with Crippen LogP contribution in [0.2, 0.25) is 0 Å². The van der Waals surface area contributed by atoms with Gasteiger partial charge < -0.3 is 15.4 Å². The molecule has 1 fully saturated rings. The number of piperidine rings is 1. The third kappa shape index (κ3) is 4.20. The number of hydrogen-bond acceptors (Lipinski definition) is 4. The largest absolute Gasteiger partial charge is 0.466 e. The second-order valence-corrected chi connectivity index (χ2v) is 5.26. The summed E-state index contributed by atoms with van der Waals surface area (Å²) in [6, 6.07) is -0.427.